The van der Waals surface area contributed by atoms with Gasteiger partial charge in [-0.25, -0.2) is 9.97 Å². The first-order chi connectivity index (χ1) is 13.6. The van der Waals surface area contributed by atoms with E-state index in [9.17, 15) is 4.79 Å². The average molecular weight is 393 g/mol. The molecule has 0 N–H and O–H groups in total. The first kappa shape index (κ1) is 18.4. The number of benzene rings is 2. The Kier molecular flexibility index (Phi) is 5.26. The summed E-state index contributed by atoms with van der Waals surface area (Å²) in [4.78, 5) is 25.7. The highest BCUT2D eigenvalue weighted by Gasteiger charge is 2.29. The van der Waals surface area contributed by atoms with E-state index < -0.39 is 0 Å². The fraction of sp³-hybridized carbons (Fsp3) is 0.227. The van der Waals surface area contributed by atoms with Gasteiger partial charge in [0.05, 0.1) is 0 Å². The number of amides is 1. The van der Waals surface area contributed by atoms with E-state index in [2.05, 4.69) is 21.8 Å². The normalized spacial score (nSPS) is 16.9. The van der Waals surface area contributed by atoms with Gasteiger partial charge >= 0.3 is 0 Å². The molecule has 6 heteroatoms. The van der Waals surface area contributed by atoms with Gasteiger partial charge < -0.3 is 9.80 Å². The molecule has 1 amide bonds. The minimum atomic E-state index is 0.0591. The standard InChI is InChI=1S/C22H21ClN4O/c1-16-15-26(22-24-11-2-12-25-22)13-14-27(16)21(28)19-5-3-17(4-6-19)18-7-9-20(23)10-8-18/h2-12,16H,13-15H2,1H3/t16-/m1/s1. The Balaban J connectivity index is 1.45. The van der Waals surface area contributed by atoms with Crippen LogP contribution >= 0.6 is 11.6 Å². The van der Waals surface area contributed by atoms with Gasteiger partial charge in [-0.1, -0.05) is 35.9 Å². The molecular formula is C22H21ClN4O. The quantitative estimate of drug-likeness (QED) is 0.672. The molecule has 2 heterocycles. The lowest BCUT2D eigenvalue weighted by molar-refractivity contribution is 0.0673. The molecule has 0 saturated carbocycles. The molecule has 4 rings (SSSR count). The highest BCUT2D eigenvalue weighted by molar-refractivity contribution is 6.30. The molecule has 1 aliphatic rings. The van der Waals surface area contributed by atoms with Crippen LogP contribution in [-0.4, -0.2) is 46.5 Å². The van der Waals surface area contributed by atoms with Gasteiger partial charge in [0.2, 0.25) is 5.95 Å². The summed E-state index contributed by atoms with van der Waals surface area (Å²) in [6.07, 6.45) is 3.49. The Morgan fingerprint density at radius 3 is 2.18 bits per heavy atom. The van der Waals surface area contributed by atoms with Crippen molar-refractivity contribution in [3.05, 3.63) is 77.6 Å². The summed E-state index contributed by atoms with van der Waals surface area (Å²) in [5.74, 6) is 0.776. The molecule has 1 aliphatic heterocycles. The molecule has 1 fully saturated rings. The summed E-state index contributed by atoms with van der Waals surface area (Å²) in [5.41, 5.74) is 2.84. The van der Waals surface area contributed by atoms with Crippen LogP contribution in [0.4, 0.5) is 5.95 Å². The van der Waals surface area contributed by atoms with Crippen LogP contribution in [-0.2, 0) is 0 Å². The van der Waals surface area contributed by atoms with Crippen molar-refractivity contribution >= 4 is 23.5 Å². The molecule has 1 aromatic heterocycles. The maximum absolute atomic E-state index is 13.0. The van der Waals surface area contributed by atoms with Crippen LogP contribution in [0.5, 0.6) is 0 Å². The molecule has 2 aromatic carbocycles. The summed E-state index contributed by atoms with van der Waals surface area (Å²) in [7, 11) is 0. The van der Waals surface area contributed by atoms with E-state index >= 15 is 0 Å². The van der Waals surface area contributed by atoms with Gasteiger partial charge in [0, 0.05) is 48.7 Å². The van der Waals surface area contributed by atoms with Gasteiger partial charge in [-0.3, -0.25) is 4.79 Å². The highest BCUT2D eigenvalue weighted by Crippen LogP contribution is 2.23. The van der Waals surface area contributed by atoms with Crippen LogP contribution in [0.25, 0.3) is 11.1 Å². The third kappa shape index (κ3) is 3.85. The molecule has 0 aliphatic carbocycles. The number of aromatic nitrogens is 2. The van der Waals surface area contributed by atoms with Crippen molar-refractivity contribution in [2.75, 3.05) is 24.5 Å². The number of anilines is 1. The molecule has 1 saturated heterocycles. The van der Waals surface area contributed by atoms with Gasteiger partial charge in [0.25, 0.3) is 5.91 Å². The largest absolute Gasteiger partial charge is 0.337 e. The number of rotatable bonds is 3. The van der Waals surface area contributed by atoms with E-state index in [1.165, 1.54) is 0 Å². The summed E-state index contributed by atoms with van der Waals surface area (Å²) < 4.78 is 0. The first-order valence-electron chi connectivity index (χ1n) is 9.31. The van der Waals surface area contributed by atoms with Gasteiger partial charge in [0.15, 0.2) is 0 Å². The molecule has 142 valence electrons. The zero-order valence-electron chi connectivity index (χ0n) is 15.6. The highest BCUT2D eigenvalue weighted by atomic mass is 35.5. The van der Waals surface area contributed by atoms with Crippen LogP contribution in [0.1, 0.15) is 17.3 Å². The summed E-state index contributed by atoms with van der Waals surface area (Å²) in [5, 5.41) is 0.713. The second-order valence-electron chi connectivity index (χ2n) is 6.93. The Hall–Kier alpha value is -2.92. The number of hydrogen-bond acceptors (Lipinski definition) is 4. The van der Waals surface area contributed by atoms with Crippen molar-refractivity contribution in [1.29, 1.82) is 0 Å². The minimum absolute atomic E-state index is 0.0591. The van der Waals surface area contributed by atoms with Gasteiger partial charge in [-0.2, -0.15) is 0 Å². The van der Waals surface area contributed by atoms with Crippen LogP contribution in [0, 0.1) is 0 Å². The van der Waals surface area contributed by atoms with Gasteiger partial charge in [-0.15, -0.1) is 0 Å². The fourth-order valence-electron chi connectivity index (χ4n) is 3.51. The van der Waals surface area contributed by atoms with E-state index in [4.69, 9.17) is 11.6 Å². The SMILES string of the molecule is C[C@@H]1CN(c2ncccn2)CCN1C(=O)c1ccc(-c2ccc(Cl)cc2)cc1. The Morgan fingerprint density at radius 2 is 1.57 bits per heavy atom. The second-order valence-corrected chi connectivity index (χ2v) is 7.36. The second kappa shape index (κ2) is 7.98. The molecule has 0 spiro atoms. The number of carbonyl (C=O) groups excluding carboxylic acids is 1. The lowest BCUT2D eigenvalue weighted by atomic mass is 10.0. The molecule has 0 unspecified atom stereocenters. The monoisotopic (exact) mass is 392 g/mol. The van der Waals surface area contributed by atoms with Gasteiger partial charge in [-0.05, 0) is 48.4 Å². The van der Waals surface area contributed by atoms with Crippen molar-refractivity contribution in [3.8, 4) is 11.1 Å². The maximum atomic E-state index is 13.0. The van der Waals surface area contributed by atoms with E-state index in [-0.39, 0.29) is 11.9 Å². The predicted octanol–water partition coefficient (Wildman–Crippen LogP) is 4.15. The van der Waals surface area contributed by atoms with Crippen LogP contribution in [0.3, 0.4) is 0 Å². The topological polar surface area (TPSA) is 49.3 Å². The fourth-order valence-corrected chi connectivity index (χ4v) is 3.63. The van der Waals surface area contributed by atoms with Crippen LogP contribution < -0.4 is 4.90 Å². The van der Waals surface area contributed by atoms with Crippen molar-refractivity contribution in [1.82, 2.24) is 14.9 Å². The smallest absolute Gasteiger partial charge is 0.254 e. The van der Waals surface area contributed by atoms with E-state index in [0.717, 1.165) is 24.2 Å². The zero-order chi connectivity index (χ0) is 19.5. The number of hydrogen-bond donors (Lipinski definition) is 0. The van der Waals surface area contributed by atoms with E-state index in [1.54, 1.807) is 18.5 Å². The minimum Gasteiger partial charge on any atom is -0.337 e. The number of nitrogens with zero attached hydrogens (tertiary/aromatic N) is 4. The summed E-state index contributed by atoms with van der Waals surface area (Å²) >= 11 is 5.95. The van der Waals surface area contributed by atoms with Crippen LogP contribution in [0.15, 0.2) is 67.0 Å². The van der Waals surface area contributed by atoms with Crippen LogP contribution in [0.2, 0.25) is 5.02 Å². The molecule has 0 bridgehead atoms. The Labute approximate surface area is 169 Å². The van der Waals surface area contributed by atoms with Gasteiger partial charge in [0.1, 0.15) is 0 Å². The third-order valence-electron chi connectivity index (χ3n) is 5.03. The molecule has 5 nitrogen and oxygen atoms in total. The Bertz CT molecular complexity index is 945. The Morgan fingerprint density at radius 1 is 0.964 bits per heavy atom. The number of piperazine rings is 1. The van der Waals surface area contributed by atoms with Crippen molar-refractivity contribution in [2.24, 2.45) is 0 Å². The lowest BCUT2D eigenvalue weighted by Crippen LogP contribution is -2.54. The van der Waals surface area contributed by atoms with Crippen molar-refractivity contribution < 1.29 is 4.79 Å². The molecule has 0 radical (unpaired) electrons. The van der Waals surface area contributed by atoms with Crippen molar-refractivity contribution in [2.45, 2.75) is 13.0 Å². The van der Waals surface area contributed by atoms with Crippen molar-refractivity contribution in [3.63, 3.8) is 0 Å². The molecule has 28 heavy (non-hydrogen) atoms. The predicted molar refractivity (Wildman–Crippen MR) is 112 cm³/mol. The number of carbonyl (C=O) groups is 1. The third-order valence-corrected chi connectivity index (χ3v) is 5.28. The molecule has 3 aromatic rings. The van der Waals surface area contributed by atoms with E-state index in [0.29, 0.717) is 23.1 Å². The first-order valence-corrected chi connectivity index (χ1v) is 9.68. The number of halogens is 1. The molecule has 1 atom stereocenters. The lowest BCUT2D eigenvalue weighted by Gasteiger charge is -2.39. The maximum Gasteiger partial charge on any atom is 0.254 e. The van der Waals surface area contributed by atoms with E-state index in [1.807, 2.05) is 53.4 Å². The summed E-state index contributed by atoms with van der Waals surface area (Å²) in [6.45, 7) is 4.16. The molecular weight excluding hydrogens is 372 g/mol. The summed E-state index contributed by atoms with van der Waals surface area (Å²) in [6, 6.07) is 17.3. The average Bonchev–Trinajstić information content (AvgIpc) is 2.74. The zero-order valence-corrected chi connectivity index (χ0v) is 16.4.